The molecule has 0 saturated heterocycles. The highest BCUT2D eigenvalue weighted by Crippen LogP contribution is 2.47. The van der Waals surface area contributed by atoms with Crippen molar-refractivity contribution in [2.45, 2.75) is 44.7 Å². The number of halogens is 1. The molecule has 174 valence electrons. The van der Waals surface area contributed by atoms with Crippen LogP contribution in [0.15, 0.2) is 47.5 Å². The zero-order valence-corrected chi connectivity index (χ0v) is 19.0. The number of nitrogens with one attached hydrogen (secondary N) is 2. The molecule has 2 N–H and O–H groups in total. The first kappa shape index (κ1) is 21.0. The van der Waals surface area contributed by atoms with Crippen LogP contribution in [0.3, 0.4) is 0 Å². The summed E-state index contributed by atoms with van der Waals surface area (Å²) < 4.78 is 17.1. The molecular formula is C25H26FN7O. The summed E-state index contributed by atoms with van der Waals surface area (Å²) in [4.78, 5) is 26.7. The van der Waals surface area contributed by atoms with Gasteiger partial charge in [-0.2, -0.15) is 4.98 Å². The van der Waals surface area contributed by atoms with Crippen molar-refractivity contribution in [2.24, 2.45) is 0 Å². The highest BCUT2D eigenvalue weighted by atomic mass is 19.1. The number of rotatable bonds is 6. The number of hydrogen-bond donors (Lipinski definition) is 2. The molecule has 0 spiro atoms. The van der Waals surface area contributed by atoms with Crippen LogP contribution < -0.4 is 16.2 Å². The van der Waals surface area contributed by atoms with E-state index < -0.39 is 12.1 Å². The Morgan fingerprint density at radius 1 is 1.18 bits per heavy atom. The Kier molecular flexibility index (Phi) is 4.95. The normalized spacial score (nSPS) is 16.4. The molecule has 4 heterocycles. The molecule has 3 aromatic heterocycles. The number of anilines is 2. The molecule has 4 aromatic rings. The lowest BCUT2D eigenvalue weighted by atomic mass is 10.0. The summed E-state index contributed by atoms with van der Waals surface area (Å²) >= 11 is 0. The highest BCUT2D eigenvalue weighted by molar-refractivity contribution is 5.77. The van der Waals surface area contributed by atoms with E-state index in [0.717, 1.165) is 49.4 Å². The Hall–Kier alpha value is -3.59. The molecule has 1 aromatic carbocycles. The maximum Gasteiger partial charge on any atom is 0.278 e. The monoisotopic (exact) mass is 459 g/mol. The van der Waals surface area contributed by atoms with Crippen molar-refractivity contribution in [2.75, 3.05) is 18.5 Å². The van der Waals surface area contributed by atoms with Crippen LogP contribution in [0.5, 0.6) is 0 Å². The van der Waals surface area contributed by atoms with Crippen LogP contribution in [0.1, 0.15) is 36.6 Å². The smallest absolute Gasteiger partial charge is 0.278 e. The molecule has 9 heteroatoms. The lowest BCUT2D eigenvalue weighted by molar-refractivity contribution is 0.412. The molecule has 1 saturated carbocycles. The Morgan fingerprint density at radius 2 is 2.06 bits per heavy atom. The number of aromatic nitrogens is 5. The summed E-state index contributed by atoms with van der Waals surface area (Å²) in [6, 6.07) is 9.98. The molecule has 1 fully saturated rings. The van der Waals surface area contributed by atoms with Crippen LogP contribution in [0.4, 0.5) is 16.0 Å². The largest absolute Gasteiger partial charge is 0.324 e. The fourth-order valence-electron chi connectivity index (χ4n) is 4.77. The fraction of sp³-hybridized carbons (Fsp3) is 0.360. The highest BCUT2D eigenvalue weighted by Gasteiger charge is 2.46. The molecule has 0 radical (unpaired) electrons. The molecule has 0 bridgehead atoms. The third kappa shape index (κ3) is 3.38. The second kappa shape index (κ2) is 8.02. The minimum Gasteiger partial charge on any atom is -0.324 e. The van der Waals surface area contributed by atoms with Crippen molar-refractivity contribution >= 4 is 22.7 Å². The molecule has 1 aliphatic heterocycles. The third-order valence-electron chi connectivity index (χ3n) is 6.96. The van der Waals surface area contributed by atoms with E-state index in [1.165, 1.54) is 11.1 Å². The van der Waals surface area contributed by atoms with E-state index in [9.17, 15) is 9.18 Å². The van der Waals surface area contributed by atoms with Crippen LogP contribution in [0.2, 0.25) is 0 Å². The molecule has 6 rings (SSSR count). The summed E-state index contributed by atoms with van der Waals surface area (Å²) in [5.74, 6) is 0.417. The van der Waals surface area contributed by atoms with Gasteiger partial charge in [0.25, 0.3) is 5.56 Å². The average molecular weight is 460 g/mol. The second-order valence-corrected chi connectivity index (χ2v) is 9.11. The van der Waals surface area contributed by atoms with Gasteiger partial charge >= 0.3 is 0 Å². The van der Waals surface area contributed by atoms with Gasteiger partial charge in [0, 0.05) is 36.6 Å². The van der Waals surface area contributed by atoms with E-state index in [-0.39, 0.29) is 5.56 Å². The first-order valence-electron chi connectivity index (χ1n) is 11.7. The van der Waals surface area contributed by atoms with Crippen LogP contribution in [-0.4, -0.2) is 37.5 Å². The Labute approximate surface area is 195 Å². The molecule has 34 heavy (non-hydrogen) atoms. The van der Waals surface area contributed by atoms with E-state index in [1.54, 1.807) is 21.8 Å². The SMILES string of the molecule is CCn1c(=O)c2cnc(Nc3ccc4c(c3)CCNC4)nc2n1-c1ccnc(C2(CF)CC2)c1. The van der Waals surface area contributed by atoms with Crippen molar-refractivity contribution in [3.63, 3.8) is 0 Å². The van der Waals surface area contributed by atoms with Gasteiger partial charge in [-0.1, -0.05) is 6.07 Å². The van der Waals surface area contributed by atoms with Crippen molar-refractivity contribution < 1.29 is 4.39 Å². The molecule has 0 amide bonds. The second-order valence-electron chi connectivity index (χ2n) is 9.11. The minimum absolute atomic E-state index is 0.157. The number of fused-ring (bicyclic) bond motifs is 2. The van der Waals surface area contributed by atoms with Crippen LogP contribution in [-0.2, 0) is 24.9 Å². The molecule has 1 aliphatic carbocycles. The number of hydrogen-bond acceptors (Lipinski definition) is 6. The van der Waals surface area contributed by atoms with Gasteiger partial charge < -0.3 is 10.6 Å². The van der Waals surface area contributed by atoms with Gasteiger partial charge in [-0.05, 0) is 68.1 Å². The quantitative estimate of drug-likeness (QED) is 0.460. The lowest BCUT2D eigenvalue weighted by Crippen LogP contribution is -2.23. The number of nitrogens with zero attached hydrogens (tertiary/aromatic N) is 5. The van der Waals surface area contributed by atoms with E-state index in [0.29, 0.717) is 23.5 Å². The number of alkyl halides is 1. The van der Waals surface area contributed by atoms with Gasteiger partial charge in [-0.3, -0.25) is 14.2 Å². The lowest BCUT2D eigenvalue weighted by Gasteiger charge is -2.18. The Balaban J connectivity index is 1.43. The van der Waals surface area contributed by atoms with E-state index in [4.69, 9.17) is 4.98 Å². The third-order valence-corrected chi connectivity index (χ3v) is 6.96. The summed E-state index contributed by atoms with van der Waals surface area (Å²) in [7, 11) is 0. The zero-order chi connectivity index (χ0) is 23.3. The number of benzene rings is 1. The van der Waals surface area contributed by atoms with Crippen LogP contribution >= 0.6 is 0 Å². The summed E-state index contributed by atoms with van der Waals surface area (Å²) in [5.41, 5.74) is 4.85. The first-order valence-corrected chi connectivity index (χ1v) is 11.7. The molecular weight excluding hydrogens is 433 g/mol. The molecule has 2 aliphatic rings. The van der Waals surface area contributed by atoms with Gasteiger partial charge in [0.15, 0.2) is 5.65 Å². The van der Waals surface area contributed by atoms with Gasteiger partial charge in [-0.25, -0.2) is 14.3 Å². The van der Waals surface area contributed by atoms with E-state index in [2.05, 4.69) is 32.7 Å². The topological polar surface area (TPSA) is 89.7 Å². The molecule has 8 nitrogen and oxygen atoms in total. The predicted octanol–water partition coefficient (Wildman–Crippen LogP) is 3.39. The maximum absolute atomic E-state index is 13.7. The molecule has 0 atom stereocenters. The van der Waals surface area contributed by atoms with E-state index in [1.807, 2.05) is 25.1 Å². The van der Waals surface area contributed by atoms with Gasteiger partial charge in [0.1, 0.15) is 12.1 Å². The standard InChI is InChI=1S/C25H26FN7O/c1-2-32-23(34)20-14-29-24(30-18-4-3-17-13-27-9-5-16(17)11-18)31-22(20)33(32)19-6-10-28-21(12-19)25(15-26)7-8-25/h3-4,6,10-12,14,27H,2,5,7-9,13,15H2,1H3,(H,29,30,31). The zero-order valence-electron chi connectivity index (χ0n) is 19.0. The van der Waals surface area contributed by atoms with Crippen molar-refractivity contribution in [3.8, 4) is 5.69 Å². The molecule has 0 unspecified atom stereocenters. The van der Waals surface area contributed by atoms with Crippen molar-refractivity contribution in [1.29, 1.82) is 0 Å². The summed E-state index contributed by atoms with van der Waals surface area (Å²) in [6.45, 7) is 3.80. The van der Waals surface area contributed by atoms with Gasteiger partial charge in [0.05, 0.1) is 11.4 Å². The van der Waals surface area contributed by atoms with Gasteiger partial charge in [0.2, 0.25) is 5.95 Å². The maximum atomic E-state index is 13.7. The Bertz CT molecular complexity index is 1450. The minimum atomic E-state index is -0.486. The fourth-order valence-corrected chi connectivity index (χ4v) is 4.77. The predicted molar refractivity (Wildman–Crippen MR) is 129 cm³/mol. The van der Waals surface area contributed by atoms with Crippen LogP contribution in [0.25, 0.3) is 16.7 Å². The Morgan fingerprint density at radius 3 is 2.85 bits per heavy atom. The summed E-state index contributed by atoms with van der Waals surface area (Å²) in [5, 5.41) is 7.12. The van der Waals surface area contributed by atoms with E-state index >= 15 is 0 Å². The number of pyridine rings is 1. The first-order chi connectivity index (χ1) is 16.6. The average Bonchev–Trinajstić information content (AvgIpc) is 3.63. The van der Waals surface area contributed by atoms with Crippen LogP contribution in [0, 0.1) is 0 Å². The van der Waals surface area contributed by atoms with Crippen molar-refractivity contribution in [1.82, 2.24) is 29.6 Å². The van der Waals surface area contributed by atoms with Crippen molar-refractivity contribution in [3.05, 3.63) is 69.9 Å². The summed E-state index contributed by atoms with van der Waals surface area (Å²) in [6.07, 6.45) is 5.82. The van der Waals surface area contributed by atoms with Gasteiger partial charge in [-0.15, -0.1) is 0 Å².